The molecule has 0 bridgehead atoms. The van der Waals surface area contributed by atoms with Crippen molar-refractivity contribution in [1.82, 2.24) is 0 Å². The molecule has 1 heteroatoms. The highest BCUT2D eigenvalue weighted by molar-refractivity contribution is 5.78. The maximum absolute atomic E-state index is 4.05. The lowest BCUT2D eigenvalue weighted by molar-refractivity contribution is 1.02. The van der Waals surface area contributed by atoms with Gasteiger partial charge >= 0.3 is 0 Å². The molecule has 2 aromatic rings. The van der Waals surface area contributed by atoms with Gasteiger partial charge in [0, 0.05) is 13.3 Å². The molecule has 0 atom stereocenters. The van der Waals surface area contributed by atoms with Gasteiger partial charge in [0.2, 0.25) is 0 Å². The van der Waals surface area contributed by atoms with E-state index in [1.54, 1.807) is 7.05 Å². The monoisotopic (exact) mass is 529 g/mol. The molecule has 0 aromatic heterocycles. The predicted molar refractivity (Wildman–Crippen MR) is 182 cm³/mol. The lowest BCUT2D eigenvalue weighted by Gasteiger charge is -2.05. The molecule has 0 saturated heterocycles. The highest BCUT2D eigenvalue weighted by Gasteiger charge is 2.20. The Balaban J connectivity index is 0. The van der Waals surface area contributed by atoms with Crippen molar-refractivity contribution in [3.8, 4) is 0 Å². The number of allylic oxidation sites excluding steroid dienone is 6. The number of benzene rings is 2. The van der Waals surface area contributed by atoms with Gasteiger partial charge in [-0.25, -0.2) is 0 Å². The van der Waals surface area contributed by atoms with Crippen molar-refractivity contribution in [2.75, 3.05) is 7.05 Å². The van der Waals surface area contributed by atoms with Crippen molar-refractivity contribution in [2.45, 2.75) is 102 Å². The Kier molecular flexibility index (Phi) is 22.5. The highest BCUT2D eigenvalue weighted by Crippen LogP contribution is 2.34. The van der Waals surface area contributed by atoms with Crippen LogP contribution in [0.3, 0.4) is 0 Å². The lowest BCUT2D eigenvalue weighted by Crippen LogP contribution is -1.84. The molecule has 0 aliphatic heterocycles. The van der Waals surface area contributed by atoms with Gasteiger partial charge in [-0.3, -0.25) is 4.99 Å². The molecule has 216 valence electrons. The minimum atomic E-state index is 0.907. The van der Waals surface area contributed by atoms with E-state index in [2.05, 4.69) is 129 Å². The van der Waals surface area contributed by atoms with Crippen LogP contribution < -0.4 is 0 Å². The van der Waals surface area contributed by atoms with Crippen LogP contribution in [-0.4, -0.2) is 13.3 Å². The summed E-state index contributed by atoms with van der Waals surface area (Å²) in [5.74, 6) is 0.907. The summed E-state index contributed by atoms with van der Waals surface area (Å²) in [5.41, 5.74) is 11.7. The number of hydrogen-bond donors (Lipinski definition) is 0. The number of rotatable bonds is 6. The molecule has 3 rings (SSSR count). The Morgan fingerprint density at radius 3 is 1.67 bits per heavy atom. The first kappa shape index (κ1) is 38.2. The Labute approximate surface area is 243 Å². The summed E-state index contributed by atoms with van der Waals surface area (Å²) in [6, 6.07) is 17.1. The molecule has 0 amide bonds. The summed E-state index contributed by atoms with van der Waals surface area (Å²) in [6.07, 6.45) is 9.07. The molecule has 0 radical (unpaired) electrons. The molecule has 2 aromatic carbocycles. The average molecular weight is 530 g/mol. The molecule has 0 spiro atoms. The minimum absolute atomic E-state index is 0.907. The third kappa shape index (κ3) is 19.7. The second-order valence-electron chi connectivity index (χ2n) is 10.3. The van der Waals surface area contributed by atoms with E-state index in [1.807, 2.05) is 26.1 Å². The summed E-state index contributed by atoms with van der Waals surface area (Å²) >= 11 is 0. The summed E-state index contributed by atoms with van der Waals surface area (Å²) in [7, 11) is 1.78. The summed E-state index contributed by atoms with van der Waals surface area (Å²) in [4.78, 5) is 3.87. The fourth-order valence-corrected chi connectivity index (χ4v) is 3.33. The second kappa shape index (κ2) is 23.0. The van der Waals surface area contributed by atoms with Crippen LogP contribution in [-0.2, 0) is 12.8 Å². The van der Waals surface area contributed by atoms with E-state index in [9.17, 15) is 0 Å². The van der Waals surface area contributed by atoms with Crippen LogP contribution in [0.4, 0.5) is 0 Å². The zero-order chi connectivity index (χ0) is 30.4. The van der Waals surface area contributed by atoms with Crippen LogP contribution in [0.2, 0.25) is 0 Å². The largest absolute Gasteiger partial charge is 0.296 e. The van der Waals surface area contributed by atoms with Crippen LogP contribution in [0.15, 0.2) is 95.0 Å². The SMILES string of the molecule is C=C(C)C1CC1.C=C(C=C(C)C)c1ccccc1C.CC.CCc1cccc(CC)c1.CN=CC(C)=C(C)C. The summed E-state index contributed by atoms with van der Waals surface area (Å²) in [6.45, 7) is 30.9. The topological polar surface area (TPSA) is 12.4 Å². The molecule has 39 heavy (non-hydrogen) atoms. The van der Waals surface area contributed by atoms with E-state index >= 15 is 0 Å². The molecule has 1 nitrogen and oxygen atoms in total. The minimum Gasteiger partial charge on any atom is -0.296 e. The maximum atomic E-state index is 4.05. The zero-order valence-electron chi connectivity index (χ0n) is 27.5. The normalized spacial score (nSPS) is 11.1. The maximum Gasteiger partial charge on any atom is 0.0277 e. The predicted octanol–water partition coefficient (Wildman–Crippen LogP) is 11.8. The Hall–Kier alpha value is -2.93. The standard InChI is InChI=1S/C13H16.C10H14.C7H13N.C6H10.C2H6/c1-10(2)9-12(4)13-8-6-5-7-11(13)3;1-3-9-6-5-7-10(4-2)8-9;1-6(2)7(3)5-8-4;1-5(2)6-3-4-6;1-2/h5-9H,4H2,1-3H3;5-8H,3-4H2,1-2H3;5H,1-4H3;6H,1,3-4H2,2H3;1-2H3. The third-order valence-corrected chi connectivity index (χ3v) is 6.15. The van der Waals surface area contributed by atoms with Gasteiger partial charge in [0.1, 0.15) is 0 Å². The number of aryl methyl sites for hydroxylation is 3. The molecular formula is C38H59N. The van der Waals surface area contributed by atoms with Gasteiger partial charge in [-0.15, -0.1) is 0 Å². The average Bonchev–Trinajstić information content (AvgIpc) is 3.77. The van der Waals surface area contributed by atoms with Crippen molar-refractivity contribution in [2.24, 2.45) is 10.9 Å². The lowest BCUT2D eigenvalue weighted by atomic mass is 10.0. The van der Waals surface area contributed by atoms with Gasteiger partial charge in [0.05, 0.1) is 0 Å². The molecule has 1 aliphatic carbocycles. The van der Waals surface area contributed by atoms with Crippen molar-refractivity contribution in [1.29, 1.82) is 0 Å². The fraction of sp³-hybridized carbons (Fsp3) is 0.447. The van der Waals surface area contributed by atoms with Crippen LogP contribution in [0.25, 0.3) is 5.57 Å². The summed E-state index contributed by atoms with van der Waals surface area (Å²) < 4.78 is 0. The van der Waals surface area contributed by atoms with Gasteiger partial charge in [-0.2, -0.15) is 0 Å². The quantitative estimate of drug-likeness (QED) is 0.200. The van der Waals surface area contributed by atoms with Crippen LogP contribution >= 0.6 is 0 Å². The van der Waals surface area contributed by atoms with Gasteiger partial charge in [0.15, 0.2) is 0 Å². The van der Waals surface area contributed by atoms with Gasteiger partial charge in [0.25, 0.3) is 0 Å². The zero-order valence-corrected chi connectivity index (χ0v) is 27.5. The van der Waals surface area contributed by atoms with Gasteiger partial charge in [-0.1, -0.05) is 112 Å². The smallest absolute Gasteiger partial charge is 0.0277 e. The number of nitrogens with zero attached hydrogens (tertiary/aromatic N) is 1. The van der Waals surface area contributed by atoms with E-state index in [0.717, 1.165) is 24.3 Å². The molecule has 1 fully saturated rings. The Bertz CT molecular complexity index is 1030. The van der Waals surface area contributed by atoms with Crippen LogP contribution in [0.1, 0.15) is 104 Å². The van der Waals surface area contributed by atoms with E-state index < -0.39 is 0 Å². The molecular weight excluding hydrogens is 470 g/mol. The summed E-state index contributed by atoms with van der Waals surface area (Å²) in [5, 5.41) is 0. The molecule has 1 aliphatic rings. The molecule has 0 heterocycles. The highest BCUT2D eigenvalue weighted by atomic mass is 14.6. The first-order valence-electron chi connectivity index (χ1n) is 14.7. The first-order chi connectivity index (χ1) is 18.5. The van der Waals surface area contributed by atoms with Gasteiger partial charge < -0.3 is 0 Å². The van der Waals surface area contributed by atoms with Crippen molar-refractivity contribution in [3.63, 3.8) is 0 Å². The van der Waals surface area contributed by atoms with E-state index in [1.165, 1.54) is 57.4 Å². The fourth-order valence-electron chi connectivity index (χ4n) is 3.33. The Morgan fingerprint density at radius 1 is 0.846 bits per heavy atom. The Morgan fingerprint density at radius 2 is 1.36 bits per heavy atom. The van der Waals surface area contributed by atoms with E-state index in [4.69, 9.17) is 0 Å². The third-order valence-electron chi connectivity index (χ3n) is 6.15. The van der Waals surface area contributed by atoms with Crippen molar-refractivity contribution >= 4 is 11.8 Å². The van der Waals surface area contributed by atoms with Crippen LogP contribution in [0, 0.1) is 12.8 Å². The number of hydrogen-bond acceptors (Lipinski definition) is 1. The van der Waals surface area contributed by atoms with E-state index in [-0.39, 0.29) is 0 Å². The molecule has 0 unspecified atom stereocenters. The van der Waals surface area contributed by atoms with Gasteiger partial charge in [-0.05, 0) is 113 Å². The molecule has 0 N–H and O–H groups in total. The first-order valence-corrected chi connectivity index (χ1v) is 14.7. The van der Waals surface area contributed by atoms with Crippen molar-refractivity contribution < 1.29 is 0 Å². The number of aliphatic imine (C=N–C) groups is 1. The van der Waals surface area contributed by atoms with Crippen molar-refractivity contribution in [3.05, 3.63) is 112 Å². The molecule has 1 saturated carbocycles. The van der Waals surface area contributed by atoms with E-state index in [0.29, 0.717) is 0 Å². The second-order valence-corrected chi connectivity index (χ2v) is 10.3. The van der Waals surface area contributed by atoms with Crippen LogP contribution in [0.5, 0.6) is 0 Å².